The molecule has 0 fully saturated rings. The summed E-state index contributed by atoms with van der Waals surface area (Å²) in [5, 5.41) is 8.50. The van der Waals surface area contributed by atoms with E-state index >= 15 is 0 Å². The zero-order valence-electron chi connectivity index (χ0n) is 13.4. The van der Waals surface area contributed by atoms with Crippen molar-refractivity contribution in [3.8, 4) is 17.1 Å². The van der Waals surface area contributed by atoms with E-state index in [4.69, 9.17) is 10.6 Å². The zero-order chi connectivity index (χ0) is 17.8. The highest BCUT2D eigenvalue weighted by molar-refractivity contribution is 7.98. The summed E-state index contributed by atoms with van der Waals surface area (Å²) in [4.78, 5) is 0. The minimum absolute atomic E-state index is 0.197. The van der Waals surface area contributed by atoms with Crippen LogP contribution in [0.5, 0.6) is 5.75 Å². The molecular formula is C17H16F2N4OS. The lowest BCUT2D eigenvalue weighted by molar-refractivity contribution is 0.340. The molecule has 0 amide bonds. The largest absolute Gasteiger partial charge is 0.494 e. The maximum atomic E-state index is 13.7. The topological polar surface area (TPSA) is 66.0 Å². The molecule has 0 aliphatic rings. The third-order valence-electron chi connectivity index (χ3n) is 3.48. The van der Waals surface area contributed by atoms with E-state index in [-0.39, 0.29) is 11.3 Å². The average molecular weight is 362 g/mol. The molecule has 5 nitrogen and oxygen atoms in total. The Labute approximate surface area is 147 Å². The predicted molar refractivity (Wildman–Crippen MR) is 92.7 cm³/mol. The third-order valence-corrected chi connectivity index (χ3v) is 4.47. The number of rotatable bonds is 6. The van der Waals surface area contributed by atoms with Crippen LogP contribution in [0.3, 0.4) is 0 Å². The van der Waals surface area contributed by atoms with Crippen LogP contribution in [0.1, 0.15) is 12.5 Å². The molecule has 0 atom stereocenters. The maximum Gasteiger partial charge on any atom is 0.210 e. The van der Waals surface area contributed by atoms with E-state index < -0.39 is 11.6 Å². The van der Waals surface area contributed by atoms with E-state index in [1.807, 2.05) is 31.2 Å². The van der Waals surface area contributed by atoms with Gasteiger partial charge in [0.05, 0.1) is 6.61 Å². The molecule has 0 aliphatic carbocycles. The van der Waals surface area contributed by atoms with Crippen LogP contribution in [-0.2, 0) is 5.75 Å². The van der Waals surface area contributed by atoms with Crippen LogP contribution in [0.25, 0.3) is 11.4 Å². The van der Waals surface area contributed by atoms with Gasteiger partial charge in [0.1, 0.15) is 5.75 Å². The minimum Gasteiger partial charge on any atom is -0.494 e. The van der Waals surface area contributed by atoms with Crippen molar-refractivity contribution < 1.29 is 13.5 Å². The number of nitrogen functional groups attached to an aromatic ring is 1. The molecule has 2 N–H and O–H groups in total. The molecular weight excluding hydrogens is 346 g/mol. The lowest BCUT2D eigenvalue weighted by Crippen LogP contribution is -2.11. The van der Waals surface area contributed by atoms with Crippen LogP contribution in [-0.4, -0.2) is 21.5 Å². The number of hydrogen-bond donors (Lipinski definition) is 1. The summed E-state index contributed by atoms with van der Waals surface area (Å²) in [6.45, 7) is 2.50. The van der Waals surface area contributed by atoms with E-state index in [9.17, 15) is 8.78 Å². The first-order valence-corrected chi connectivity index (χ1v) is 8.58. The maximum absolute atomic E-state index is 13.7. The molecule has 0 aliphatic heterocycles. The molecule has 3 rings (SSSR count). The van der Waals surface area contributed by atoms with Crippen LogP contribution in [0.4, 0.5) is 8.78 Å². The van der Waals surface area contributed by atoms with Gasteiger partial charge in [-0.05, 0) is 37.3 Å². The summed E-state index contributed by atoms with van der Waals surface area (Å²) in [5.41, 5.74) is 1.03. The summed E-state index contributed by atoms with van der Waals surface area (Å²) in [5.74, 6) is 5.74. The van der Waals surface area contributed by atoms with Gasteiger partial charge in [-0.1, -0.05) is 23.9 Å². The average Bonchev–Trinajstić information content (AvgIpc) is 2.98. The summed E-state index contributed by atoms with van der Waals surface area (Å²) >= 11 is 1.18. The molecule has 0 saturated heterocycles. The van der Waals surface area contributed by atoms with Crippen molar-refractivity contribution in [1.82, 2.24) is 14.9 Å². The Morgan fingerprint density at radius 1 is 1.12 bits per heavy atom. The molecule has 1 aromatic heterocycles. The van der Waals surface area contributed by atoms with Gasteiger partial charge >= 0.3 is 0 Å². The van der Waals surface area contributed by atoms with E-state index in [1.54, 1.807) is 0 Å². The molecule has 0 spiro atoms. The fourth-order valence-corrected chi connectivity index (χ4v) is 3.07. The number of benzene rings is 2. The van der Waals surface area contributed by atoms with Crippen molar-refractivity contribution in [3.63, 3.8) is 0 Å². The fourth-order valence-electron chi connectivity index (χ4n) is 2.24. The van der Waals surface area contributed by atoms with Crippen molar-refractivity contribution in [2.24, 2.45) is 0 Å². The van der Waals surface area contributed by atoms with Crippen molar-refractivity contribution >= 4 is 11.8 Å². The Hall–Kier alpha value is -2.61. The van der Waals surface area contributed by atoms with Gasteiger partial charge in [0.2, 0.25) is 5.16 Å². The molecule has 0 unspecified atom stereocenters. The number of thioether (sulfide) groups is 1. The van der Waals surface area contributed by atoms with Gasteiger partial charge in [0.25, 0.3) is 0 Å². The minimum atomic E-state index is -0.873. The Morgan fingerprint density at radius 3 is 2.60 bits per heavy atom. The van der Waals surface area contributed by atoms with Crippen molar-refractivity contribution in [1.29, 1.82) is 0 Å². The van der Waals surface area contributed by atoms with Gasteiger partial charge in [-0.15, -0.1) is 10.2 Å². The second kappa shape index (κ2) is 7.52. The molecule has 130 valence electrons. The highest BCUT2D eigenvalue weighted by Gasteiger charge is 2.14. The molecule has 25 heavy (non-hydrogen) atoms. The number of halogens is 2. The first-order valence-electron chi connectivity index (χ1n) is 7.59. The number of nitrogens with two attached hydrogens (primary N) is 1. The molecule has 0 radical (unpaired) electrons. The monoisotopic (exact) mass is 362 g/mol. The molecule has 1 heterocycles. The van der Waals surface area contributed by atoms with Crippen molar-refractivity contribution in [2.45, 2.75) is 17.8 Å². The zero-order valence-corrected chi connectivity index (χ0v) is 14.3. The van der Waals surface area contributed by atoms with Crippen LogP contribution in [0.2, 0.25) is 0 Å². The highest BCUT2D eigenvalue weighted by atomic mass is 32.2. The number of aromatic nitrogens is 3. The lowest BCUT2D eigenvalue weighted by Gasteiger charge is -2.06. The van der Waals surface area contributed by atoms with Gasteiger partial charge in [0.15, 0.2) is 17.5 Å². The van der Waals surface area contributed by atoms with Gasteiger partial charge in [-0.25, -0.2) is 13.5 Å². The highest BCUT2D eigenvalue weighted by Crippen LogP contribution is 2.26. The second-order valence-electron chi connectivity index (χ2n) is 5.14. The summed E-state index contributed by atoms with van der Waals surface area (Å²) in [7, 11) is 0. The first-order chi connectivity index (χ1) is 12.1. The van der Waals surface area contributed by atoms with Crippen LogP contribution in [0.15, 0.2) is 47.6 Å². The molecule has 2 aromatic carbocycles. The lowest BCUT2D eigenvalue weighted by atomic mass is 10.2. The Morgan fingerprint density at radius 2 is 1.88 bits per heavy atom. The van der Waals surface area contributed by atoms with Crippen LogP contribution in [0, 0.1) is 11.6 Å². The Bertz CT molecular complexity index is 868. The van der Waals surface area contributed by atoms with Crippen molar-refractivity contribution in [2.75, 3.05) is 12.4 Å². The Kier molecular flexibility index (Phi) is 5.18. The number of ether oxygens (including phenoxy) is 1. The first kappa shape index (κ1) is 17.2. The molecule has 0 saturated carbocycles. The molecule has 3 aromatic rings. The Balaban J connectivity index is 1.75. The number of hydrogen-bond acceptors (Lipinski definition) is 5. The summed E-state index contributed by atoms with van der Waals surface area (Å²) < 4.78 is 33.7. The van der Waals surface area contributed by atoms with Gasteiger partial charge in [-0.3, -0.25) is 0 Å². The van der Waals surface area contributed by atoms with E-state index in [0.29, 0.717) is 17.6 Å². The SMILES string of the molecule is CCOc1ccc(-c2nnc(SCc3cccc(F)c3F)n2N)cc1. The van der Waals surface area contributed by atoms with Gasteiger partial charge in [-0.2, -0.15) is 0 Å². The smallest absolute Gasteiger partial charge is 0.210 e. The van der Waals surface area contributed by atoms with Gasteiger partial charge < -0.3 is 10.6 Å². The van der Waals surface area contributed by atoms with Gasteiger partial charge in [0, 0.05) is 16.9 Å². The van der Waals surface area contributed by atoms with E-state index in [1.165, 1.54) is 28.6 Å². The predicted octanol–water partition coefficient (Wildman–Crippen LogP) is 3.63. The standard InChI is InChI=1S/C17H16F2N4OS/c1-2-24-13-8-6-11(7-9-13)16-21-22-17(23(16)20)25-10-12-4-3-5-14(18)15(12)19/h3-9H,2,10,20H2,1H3. The van der Waals surface area contributed by atoms with E-state index in [0.717, 1.165) is 17.4 Å². The third kappa shape index (κ3) is 3.74. The van der Waals surface area contributed by atoms with Crippen LogP contribution < -0.4 is 10.6 Å². The fraction of sp³-hybridized carbons (Fsp3) is 0.176. The molecule has 8 heteroatoms. The molecule has 0 bridgehead atoms. The van der Waals surface area contributed by atoms with Crippen molar-refractivity contribution in [3.05, 3.63) is 59.7 Å². The summed E-state index contributed by atoms with van der Waals surface area (Å²) in [6, 6.07) is 11.4. The quantitative estimate of drug-likeness (QED) is 0.536. The van der Waals surface area contributed by atoms with E-state index in [2.05, 4.69) is 10.2 Å². The summed E-state index contributed by atoms with van der Waals surface area (Å²) in [6.07, 6.45) is 0. The normalized spacial score (nSPS) is 10.8. The van der Waals surface area contributed by atoms with Crippen LogP contribution >= 0.6 is 11.8 Å². The number of nitrogens with zero attached hydrogens (tertiary/aromatic N) is 3. The second-order valence-corrected chi connectivity index (χ2v) is 6.08.